The first kappa shape index (κ1) is 23.6. The highest BCUT2D eigenvalue weighted by atomic mass is 19.4. The lowest BCUT2D eigenvalue weighted by Gasteiger charge is -2.42. The number of fused-ring (bicyclic) bond motifs is 1. The molecule has 0 radical (unpaired) electrons. The van der Waals surface area contributed by atoms with Crippen molar-refractivity contribution in [1.29, 1.82) is 0 Å². The fourth-order valence-corrected chi connectivity index (χ4v) is 4.54. The summed E-state index contributed by atoms with van der Waals surface area (Å²) < 4.78 is 86.4. The maximum absolute atomic E-state index is 13.4. The van der Waals surface area contributed by atoms with Crippen molar-refractivity contribution >= 4 is 16.3 Å². The zero-order valence-electron chi connectivity index (χ0n) is 17.2. The van der Waals surface area contributed by atoms with E-state index in [1.165, 1.54) is 0 Å². The van der Waals surface area contributed by atoms with Crippen LogP contribution in [0.15, 0.2) is 43.0 Å². The van der Waals surface area contributed by atoms with E-state index in [1.807, 2.05) is 12.1 Å². The molecule has 1 saturated carbocycles. The molecule has 8 heteroatoms. The zero-order chi connectivity index (χ0) is 23.2. The van der Waals surface area contributed by atoms with Crippen LogP contribution in [0.3, 0.4) is 0 Å². The number of alkyl halides is 6. The lowest BCUT2D eigenvalue weighted by atomic mass is 9.81. The van der Waals surface area contributed by atoms with E-state index in [0.29, 0.717) is 41.9 Å². The van der Waals surface area contributed by atoms with E-state index in [4.69, 9.17) is 4.74 Å². The molecule has 170 valence electrons. The van der Waals surface area contributed by atoms with Crippen LogP contribution < -0.4 is 0 Å². The monoisotopic (exact) mass is 446 g/mol. The van der Waals surface area contributed by atoms with Crippen LogP contribution in [-0.4, -0.2) is 29.2 Å². The Labute approximate surface area is 176 Å². The first-order chi connectivity index (χ1) is 14.2. The number of hydrogen-bond acceptors (Lipinski definition) is 2. The molecule has 0 spiro atoms. The van der Waals surface area contributed by atoms with E-state index in [-0.39, 0.29) is 12.8 Å². The van der Waals surface area contributed by atoms with Gasteiger partial charge in [0.1, 0.15) is 6.10 Å². The van der Waals surface area contributed by atoms with Gasteiger partial charge in [0.15, 0.2) is 0 Å². The molecule has 1 N–H and O–H groups in total. The van der Waals surface area contributed by atoms with E-state index < -0.39 is 29.7 Å². The van der Waals surface area contributed by atoms with Crippen molar-refractivity contribution < 1.29 is 36.2 Å². The molecule has 1 fully saturated rings. The summed E-state index contributed by atoms with van der Waals surface area (Å²) in [5, 5.41) is 11.3. The van der Waals surface area contributed by atoms with Crippen LogP contribution >= 0.6 is 0 Å². The highest BCUT2D eigenvalue weighted by molar-refractivity contribution is 5.91. The average Bonchev–Trinajstić information content (AvgIpc) is 3.13. The normalized spacial score (nSPS) is 18.4. The highest BCUT2D eigenvalue weighted by Gasteiger charge is 2.74. The van der Waals surface area contributed by atoms with Crippen molar-refractivity contribution in [1.82, 2.24) is 0 Å². The quantitative estimate of drug-likeness (QED) is 0.506. The number of ether oxygens (including phenoxy) is 1. The van der Waals surface area contributed by atoms with Gasteiger partial charge >= 0.3 is 12.4 Å². The van der Waals surface area contributed by atoms with E-state index in [1.54, 1.807) is 31.2 Å². The van der Waals surface area contributed by atoms with Gasteiger partial charge in [0.25, 0.3) is 5.60 Å². The van der Waals surface area contributed by atoms with Crippen molar-refractivity contribution in [2.45, 2.75) is 69.2 Å². The second kappa shape index (κ2) is 7.81. The average molecular weight is 446 g/mol. The molecule has 2 nitrogen and oxygen atoms in total. The van der Waals surface area contributed by atoms with Crippen LogP contribution in [-0.2, 0) is 10.3 Å². The van der Waals surface area contributed by atoms with Gasteiger partial charge < -0.3 is 9.84 Å². The smallest absolute Gasteiger partial charge is 0.372 e. The third-order valence-electron chi connectivity index (χ3n) is 6.11. The van der Waals surface area contributed by atoms with Crippen molar-refractivity contribution in [2.24, 2.45) is 0 Å². The minimum atomic E-state index is -5.96. The van der Waals surface area contributed by atoms with Gasteiger partial charge in [-0.05, 0) is 48.6 Å². The molecule has 0 aliphatic heterocycles. The topological polar surface area (TPSA) is 29.5 Å². The summed E-state index contributed by atoms with van der Waals surface area (Å²) >= 11 is 0. The van der Waals surface area contributed by atoms with E-state index in [0.717, 1.165) is 5.39 Å². The van der Waals surface area contributed by atoms with Crippen molar-refractivity contribution in [3.8, 4) is 0 Å². The summed E-state index contributed by atoms with van der Waals surface area (Å²) in [6.45, 7) is 6.29. The predicted molar refractivity (Wildman–Crippen MR) is 106 cm³/mol. The lowest BCUT2D eigenvalue weighted by Crippen LogP contribution is -2.65. The molecular formula is C23H24F6O2. The Balaban J connectivity index is 2.21. The molecule has 3 rings (SSSR count). The Kier molecular flexibility index (Phi) is 5.95. The van der Waals surface area contributed by atoms with Gasteiger partial charge in [-0.25, -0.2) is 0 Å². The Bertz CT molecular complexity index is 956. The molecule has 2 aromatic rings. The molecule has 0 bridgehead atoms. The van der Waals surface area contributed by atoms with Gasteiger partial charge in [0.2, 0.25) is 0 Å². The maximum atomic E-state index is 13.4. The Hall–Kier alpha value is -2.06. The fourth-order valence-electron chi connectivity index (χ4n) is 4.54. The third-order valence-corrected chi connectivity index (χ3v) is 6.11. The summed E-state index contributed by atoms with van der Waals surface area (Å²) in [5.74, 6) is 0. The Morgan fingerprint density at radius 2 is 1.55 bits per heavy atom. The van der Waals surface area contributed by atoms with Crippen LogP contribution in [0.4, 0.5) is 26.3 Å². The number of hydrogen-bond donors (Lipinski definition) is 1. The molecule has 1 aliphatic carbocycles. The molecule has 1 unspecified atom stereocenters. The standard InChI is InChI=1S/C23H24F6O2/c1-14(2)17-11-10-16-8-4-5-9-18(16)19(17)20(12-6-7-13-20)31-15(3)21(30,22(24,25)26)23(27,28)29/h4-5,8-11,15,30H,1,6-7,12-13H2,2-3H3. The van der Waals surface area contributed by atoms with Crippen LogP contribution in [0.2, 0.25) is 0 Å². The summed E-state index contributed by atoms with van der Waals surface area (Å²) in [5.41, 5.74) is -4.66. The van der Waals surface area contributed by atoms with E-state index >= 15 is 0 Å². The Morgan fingerprint density at radius 3 is 2.06 bits per heavy atom. The van der Waals surface area contributed by atoms with Gasteiger partial charge in [-0.2, -0.15) is 26.3 Å². The summed E-state index contributed by atoms with van der Waals surface area (Å²) in [4.78, 5) is 0. The largest absolute Gasteiger partial charge is 0.428 e. The number of aliphatic hydroxyl groups is 1. The zero-order valence-corrected chi connectivity index (χ0v) is 17.2. The fraction of sp³-hybridized carbons (Fsp3) is 0.478. The number of benzene rings is 2. The predicted octanol–water partition coefficient (Wildman–Crippen LogP) is 6.90. The third kappa shape index (κ3) is 3.84. The second-order valence-corrected chi connectivity index (χ2v) is 8.21. The van der Waals surface area contributed by atoms with Crippen LogP contribution in [0, 0.1) is 0 Å². The highest BCUT2D eigenvalue weighted by Crippen LogP contribution is 2.52. The maximum Gasteiger partial charge on any atom is 0.428 e. The van der Waals surface area contributed by atoms with Crippen LogP contribution in [0.1, 0.15) is 50.7 Å². The van der Waals surface area contributed by atoms with Gasteiger partial charge in [-0.15, -0.1) is 0 Å². The Morgan fingerprint density at radius 1 is 1.00 bits per heavy atom. The molecule has 1 aliphatic rings. The lowest BCUT2D eigenvalue weighted by molar-refractivity contribution is -0.399. The SMILES string of the molecule is C=C(C)c1ccc2ccccc2c1C1(OC(C)C(O)(C(F)(F)F)C(F)(F)F)CCCC1. The first-order valence-electron chi connectivity index (χ1n) is 9.96. The molecular weight excluding hydrogens is 422 g/mol. The molecule has 1 atom stereocenters. The van der Waals surface area contributed by atoms with Crippen LogP contribution in [0.5, 0.6) is 0 Å². The van der Waals surface area contributed by atoms with Crippen LogP contribution in [0.25, 0.3) is 16.3 Å². The number of allylic oxidation sites excluding steroid dienone is 1. The minimum Gasteiger partial charge on any atom is -0.372 e. The molecule has 0 amide bonds. The molecule has 0 aromatic heterocycles. The van der Waals surface area contributed by atoms with E-state index in [2.05, 4.69) is 6.58 Å². The first-order valence-corrected chi connectivity index (χ1v) is 9.96. The van der Waals surface area contributed by atoms with Gasteiger partial charge in [0, 0.05) is 0 Å². The molecule has 2 aromatic carbocycles. The molecule has 0 saturated heterocycles. The minimum absolute atomic E-state index is 0.234. The molecule has 0 heterocycles. The van der Waals surface area contributed by atoms with Gasteiger partial charge in [-0.1, -0.05) is 61.4 Å². The van der Waals surface area contributed by atoms with Crippen molar-refractivity contribution in [3.63, 3.8) is 0 Å². The molecule has 31 heavy (non-hydrogen) atoms. The summed E-state index contributed by atoms with van der Waals surface area (Å²) in [7, 11) is 0. The summed E-state index contributed by atoms with van der Waals surface area (Å²) in [6, 6.07) is 10.7. The number of halogens is 6. The van der Waals surface area contributed by atoms with E-state index in [9.17, 15) is 31.4 Å². The second-order valence-electron chi connectivity index (χ2n) is 8.21. The summed E-state index contributed by atoms with van der Waals surface area (Å²) in [6.07, 6.45) is -12.9. The number of rotatable bonds is 5. The van der Waals surface area contributed by atoms with Crippen molar-refractivity contribution in [2.75, 3.05) is 0 Å². The van der Waals surface area contributed by atoms with Gasteiger partial charge in [-0.3, -0.25) is 0 Å². The van der Waals surface area contributed by atoms with Gasteiger partial charge in [0.05, 0.1) is 5.60 Å². The van der Waals surface area contributed by atoms with Crippen molar-refractivity contribution in [3.05, 3.63) is 54.1 Å².